The number of amides is 2. The molecule has 1 aliphatic heterocycles. The quantitative estimate of drug-likeness (QED) is 0.826. The van der Waals surface area contributed by atoms with E-state index in [4.69, 9.17) is 0 Å². The van der Waals surface area contributed by atoms with Gasteiger partial charge in [0.05, 0.1) is 5.69 Å². The molecular weight excluding hydrogens is 370 g/mol. The van der Waals surface area contributed by atoms with Crippen LogP contribution < -0.4 is 5.32 Å². The van der Waals surface area contributed by atoms with Gasteiger partial charge in [-0.3, -0.25) is 9.59 Å². The SMILES string of the molecule is CCCC(=O)N1[C@@H](C(=O)Nc2ccccc2F)CS[C@@H]1c1cccc(F)c1. The van der Waals surface area contributed by atoms with Gasteiger partial charge in [0.15, 0.2) is 0 Å². The Bertz CT molecular complexity index is 846. The molecule has 7 heteroatoms. The Morgan fingerprint density at radius 1 is 1.19 bits per heavy atom. The number of hydrogen-bond acceptors (Lipinski definition) is 3. The first-order valence-electron chi connectivity index (χ1n) is 8.75. The fourth-order valence-corrected chi connectivity index (χ4v) is 4.49. The molecule has 3 rings (SSSR count). The Hall–Kier alpha value is -2.41. The lowest BCUT2D eigenvalue weighted by molar-refractivity contribution is -0.138. The van der Waals surface area contributed by atoms with E-state index in [-0.39, 0.29) is 18.0 Å². The lowest BCUT2D eigenvalue weighted by Gasteiger charge is -2.29. The Morgan fingerprint density at radius 2 is 1.96 bits per heavy atom. The normalized spacial score (nSPS) is 19.1. The van der Waals surface area contributed by atoms with Crippen molar-refractivity contribution in [2.24, 2.45) is 0 Å². The predicted molar refractivity (Wildman–Crippen MR) is 102 cm³/mol. The van der Waals surface area contributed by atoms with Crippen LogP contribution in [-0.2, 0) is 9.59 Å². The minimum Gasteiger partial charge on any atom is -0.322 e. The van der Waals surface area contributed by atoms with Gasteiger partial charge in [-0.05, 0) is 36.2 Å². The number of para-hydroxylation sites is 1. The smallest absolute Gasteiger partial charge is 0.248 e. The molecule has 1 N–H and O–H groups in total. The van der Waals surface area contributed by atoms with E-state index in [0.29, 0.717) is 17.7 Å². The predicted octanol–water partition coefficient (Wildman–Crippen LogP) is 4.35. The van der Waals surface area contributed by atoms with Crippen molar-refractivity contribution >= 4 is 29.3 Å². The summed E-state index contributed by atoms with van der Waals surface area (Å²) >= 11 is 1.40. The lowest BCUT2D eigenvalue weighted by Crippen LogP contribution is -2.45. The number of halogens is 2. The number of thioether (sulfide) groups is 1. The zero-order valence-corrected chi connectivity index (χ0v) is 15.6. The largest absolute Gasteiger partial charge is 0.322 e. The highest BCUT2D eigenvalue weighted by Gasteiger charge is 2.42. The minimum atomic E-state index is -0.748. The second-order valence-electron chi connectivity index (χ2n) is 6.28. The molecule has 0 bridgehead atoms. The Kier molecular flexibility index (Phi) is 6.11. The zero-order valence-electron chi connectivity index (χ0n) is 14.8. The average Bonchev–Trinajstić information content (AvgIpc) is 3.09. The Balaban J connectivity index is 1.86. The third-order valence-corrected chi connectivity index (χ3v) is 5.64. The van der Waals surface area contributed by atoms with Gasteiger partial charge in [0, 0.05) is 12.2 Å². The van der Waals surface area contributed by atoms with Crippen molar-refractivity contribution < 1.29 is 18.4 Å². The van der Waals surface area contributed by atoms with Crippen molar-refractivity contribution in [3.63, 3.8) is 0 Å². The molecule has 142 valence electrons. The van der Waals surface area contributed by atoms with Gasteiger partial charge in [0.2, 0.25) is 11.8 Å². The molecule has 0 radical (unpaired) electrons. The number of nitrogens with one attached hydrogen (secondary N) is 1. The molecule has 2 aromatic rings. The number of nitrogens with zero attached hydrogens (tertiary/aromatic N) is 1. The second kappa shape index (κ2) is 8.52. The highest BCUT2D eigenvalue weighted by atomic mass is 32.2. The summed E-state index contributed by atoms with van der Waals surface area (Å²) in [4.78, 5) is 27.0. The molecule has 0 saturated carbocycles. The molecule has 0 spiro atoms. The first-order chi connectivity index (χ1) is 13.0. The molecule has 2 atom stereocenters. The van der Waals surface area contributed by atoms with Gasteiger partial charge in [0.25, 0.3) is 0 Å². The van der Waals surface area contributed by atoms with Crippen LogP contribution in [0, 0.1) is 11.6 Å². The van der Waals surface area contributed by atoms with Gasteiger partial charge in [0.1, 0.15) is 23.1 Å². The number of hydrogen-bond donors (Lipinski definition) is 1. The van der Waals surface area contributed by atoms with Crippen LogP contribution in [0.15, 0.2) is 48.5 Å². The maximum Gasteiger partial charge on any atom is 0.248 e. The van der Waals surface area contributed by atoms with Crippen LogP contribution in [0.4, 0.5) is 14.5 Å². The van der Waals surface area contributed by atoms with Gasteiger partial charge in [-0.2, -0.15) is 0 Å². The highest BCUT2D eigenvalue weighted by Crippen LogP contribution is 2.42. The number of anilines is 1. The van der Waals surface area contributed by atoms with E-state index in [0.717, 1.165) is 0 Å². The van der Waals surface area contributed by atoms with Crippen molar-refractivity contribution in [2.75, 3.05) is 11.1 Å². The topological polar surface area (TPSA) is 49.4 Å². The third-order valence-electron chi connectivity index (χ3n) is 4.32. The standard InChI is InChI=1S/C20H20F2N2O2S/c1-2-6-18(25)24-17(19(26)23-16-10-4-3-9-15(16)22)12-27-20(24)13-7-5-8-14(21)11-13/h3-5,7-11,17,20H,2,6,12H2,1H3,(H,23,26)/t17-,20-/m1/s1. The highest BCUT2D eigenvalue weighted by molar-refractivity contribution is 7.99. The molecule has 1 saturated heterocycles. The summed E-state index contributed by atoms with van der Waals surface area (Å²) in [7, 11) is 0. The van der Waals surface area contributed by atoms with Crippen LogP contribution >= 0.6 is 11.8 Å². The van der Waals surface area contributed by atoms with Crippen molar-refractivity contribution in [1.82, 2.24) is 4.90 Å². The minimum absolute atomic E-state index is 0.0737. The van der Waals surface area contributed by atoms with Crippen LogP contribution in [0.5, 0.6) is 0 Å². The number of benzene rings is 2. The molecule has 0 aromatic heterocycles. The van der Waals surface area contributed by atoms with Crippen molar-refractivity contribution in [3.05, 3.63) is 65.7 Å². The number of rotatable bonds is 5. The molecule has 4 nitrogen and oxygen atoms in total. The van der Waals surface area contributed by atoms with Crippen LogP contribution in [0.3, 0.4) is 0 Å². The molecule has 1 heterocycles. The first-order valence-corrected chi connectivity index (χ1v) is 9.79. The van der Waals surface area contributed by atoms with Gasteiger partial charge in [-0.25, -0.2) is 8.78 Å². The molecular formula is C20H20F2N2O2S. The molecule has 0 unspecified atom stereocenters. The molecule has 27 heavy (non-hydrogen) atoms. The van der Waals surface area contributed by atoms with E-state index in [1.165, 1.54) is 47.0 Å². The van der Waals surface area contributed by atoms with Crippen LogP contribution in [0.25, 0.3) is 0 Å². The second-order valence-corrected chi connectivity index (χ2v) is 7.39. The van der Waals surface area contributed by atoms with Crippen molar-refractivity contribution in [2.45, 2.75) is 31.2 Å². The average molecular weight is 390 g/mol. The summed E-state index contributed by atoms with van der Waals surface area (Å²) in [5.74, 6) is -1.20. The summed E-state index contributed by atoms with van der Waals surface area (Å²) < 4.78 is 27.5. The fourth-order valence-electron chi connectivity index (χ4n) is 3.05. The zero-order chi connectivity index (χ0) is 19.4. The van der Waals surface area contributed by atoms with Gasteiger partial charge >= 0.3 is 0 Å². The van der Waals surface area contributed by atoms with E-state index < -0.39 is 29.0 Å². The Morgan fingerprint density at radius 3 is 2.67 bits per heavy atom. The van der Waals surface area contributed by atoms with Gasteiger partial charge in [-0.1, -0.05) is 31.2 Å². The molecule has 2 aromatic carbocycles. The molecule has 1 aliphatic rings. The number of carbonyl (C=O) groups is 2. The summed E-state index contributed by atoms with van der Waals surface area (Å²) in [6.45, 7) is 1.88. The molecule has 1 fully saturated rings. The third kappa shape index (κ3) is 4.30. The van der Waals surface area contributed by atoms with Crippen LogP contribution in [0.2, 0.25) is 0 Å². The fraction of sp³-hybridized carbons (Fsp3) is 0.300. The molecule has 2 amide bonds. The van der Waals surface area contributed by atoms with E-state index in [2.05, 4.69) is 5.32 Å². The van der Waals surface area contributed by atoms with E-state index in [1.807, 2.05) is 6.92 Å². The van der Waals surface area contributed by atoms with E-state index >= 15 is 0 Å². The maximum atomic E-state index is 13.9. The molecule has 0 aliphatic carbocycles. The summed E-state index contributed by atoms with van der Waals surface area (Å²) in [6.07, 6.45) is 0.924. The van der Waals surface area contributed by atoms with Crippen LogP contribution in [0.1, 0.15) is 30.7 Å². The van der Waals surface area contributed by atoms with E-state index in [1.54, 1.807) is 18.2 Å². The Labute approximate surface area is 160 Å². The monoisotopic (exact) mass is 390 g/mol. The summed E-state index contributed by atoms with van der Waals surface area (Å²) in [6, 6.07) is 11.2. The van der Waals surface area contributed by atoms with Crippen molar-refractivity contribution in [1.29, 1.82) is 0 Å². The van der Waals surface area contributed by atoms with Crippen molar-refractivity contribution in [3.8, 4) is 0 Å². The summed E-state index contributed by atoms with van der Waals surface area (Å²) in [5, 5.41) is 2.12. The summed E-state index contributed by atoms with van der Waals surface area (Å²) in [5.41, 5.74) is 0.704. The van der Waals surface area contributed by atoms with Gasteiger partial charge in [-0.15, -0.1) is 11.8 Å². The number of carbonyl (C=O) groups excluding carboxylic acids is 2. The lowest BCUT2D eigenvalue weighted by atomic mass is 10.1. The van der Waals surface area contributed by atoms with E-state index in [9.17, 15) is 18.4 Å². The first kappa shape index (κ1) is 19.4. The van der Waals surface area contributed by atoms with Crippen LogP contribution in [-0.4, -0.2) is 28.5 Å². The maximum absolute atomic E-state index is 13.9. The van der Waals surface area contributed by atoms with Gasteiger partial charge < -0.3 is 10.2 Å².